The van der Waals surface area contributed by atoms with E-state index in [4.69, 9.17) is 18.9 Å². The number of ether oxygens (including phenoxy) is 4. The predicted octanol–water partition coefficient (Wildman–Crippen LogP) is 2.38. The number of methoxy groups -OCH3 is 1. The van der Waals surface area contributed by atoms with Crippen molar-refractivity contribution in [2.24, 2.45) is 23.7 Å². The first-order valence-corrected chi connectivity index (χ1v) is 22.3. The maximum atomic E-state index is 14.0. The van der Waals surface area contributed by atoms with Crippen molar-refractivity contribution in [2.45, 2.75) is 176 Å². The highest BCUT2D eigenvalue weighted by Crippen LogP contribution is 2.14. The topological polar surface area (TPSA) is 258 Å². The van der Waals surface area contributed by atoms with Gasteiger partial charge >= 0.3 is 12.1 Å². The zero-order chi connectivity index (χ0) is 48.2. The zero-order valence-electron chi connectivity index (χ0n) is 40.2. The van der Waals surface area contributed by atoms with Gasteiger partial charge in [0.05, 0.1) is 7.11 Å². The fraction of sp³-hybridized carbons (Fsp3) is 0.818. The van der Waals surface area contributed by atoms with Crippen LogP contribution in [0.25, 0.3) is 0 Å². The van der Waals surface area contributed by atoms with E-state index in [1.54, 1.807) is 48.5 Å². The number of amides is 7. The molecule has 19 nitrogen and oxygen atoms in total. The fourth-order valence-electron chi connectivity index (χ4n) is 6.43. The second kappa shape index (κ2) is 27.0. The monoisotopic (exact) mass is 898 g/mol. The van der Waals surface area contributed by atoms with E-state index >= 15 is 0 Å². The standard InChI is InChI=1S/C44H79N7O12/c1-25(2)23-31-37(54)51-44(12,13)41(58)49-33(27(5)6)38(55)45-30(36(53)48-32(24-26(3)4)40(57)60-14)18-22-62-20-16-15-19-61-21-17-29(35(52)47-31)46-39(56)34(28(7)8)50-42(59)63-43(9,10)11/h25-34H,15-24H2,1-14H3,(H,45,55)(H,46,56)(H,47,52)(H,48,53)(H,49,58)(H,50,59)(H,51,54)/t29-,30?,31-,32-,33?,34-/m0/s1. The van der Waals surface area contributed by atoms with Gasteiger partial charge in [0.15, 0.2) is 0 Å². The second-order valence-electron chi connectivity index (χ2n) is 19.2. The molecule has 63 heavy (non-hydrogen) atoms. The number of alkyl carbamates (subject to hydrolysis) is 1. The Labute approximate surface area is 374 Å². The van der Waals surface area contributed by atoms with E-state index in [1.165, 1.54) is 21.0 Å². The van der Waals surface area contributed by atoms with Gasteiger partial charge in [-0.2, -0.15) is 0 Å². The molecular formula is C44H79N7O12. The van der Waals surface area contributed by atoms with Crippen LogP contribution in [0.1, 0.15) is 129 Å². The minimum absolute atomic E-state index is 0.0182. The van der Waals surface area contributed by atoms with E-state index in [9.17, 15) is 38.4 Å². The molecule has 0 saturated carbocycles. The van der Waals surface area contributed by atoms with Crippen LogP contribution in [-0.4, -0.2) is 128 Å². The van der Waals surface area contributed by atoms with Gasteiger partial charge in [-0.05, 0) is 96.8 Å². The Kier molecular flexibility index (Phi) is 24.2. The van der Waals surface area contributed by atoms with Crippen molar-refractivity contribution in [3.8, 4) is 0 Å². The van der Waals surface area contributed by atoms with Gasteiger partial charge < -0.3 is 56.2 Å². The van der Waals surface area contributed by atoms with Crippen molar-refractivity contribution in [2.75, 3.05) is 33.5 Å². The van der Waals surface area contributed by atoms with Crippen molar-refractivity contribution in [1.29, 1.82) is 0 Å². The van der Waals surface area contributed by atoms with Crippen molar-refractivity contribution < 1.29 is 57.3 Å². The third-order valence-electron chi connectivity index (χ3n) is 9.90. The van der Waals surface area contributed by atoms with Gasteiger partial charge in [-0.3, -0.25) is 28.8 Å². The predicted molar refractivity (Wildman–Crippen MR) is 236 cm³/mol. The molecule has 1 aliphatic rings. The number of hydrogen-bond donors (Lipinski definition) is 7. The Hall–Kier alpha value is -4.52. The molecule has 0 spiro atoms. The Balaban J connectivity index is 3.52. The molecule has 1 rings (SSSR count). The molecule has 0 aromatic carbocycles. The quantitative estimate of drug-likeness (QED) is 0.140. The van der Waals surface area contributed by atoms with Crippen LogP contribution in [0, 0.1) is 23.7 Å². The molecule has 7 amide bonds. The maximum Gasteiger partial charge on any atom is 0.408 e. The van der Waals surface area contributed by atoms with Crippen LogP contribution in [0.15, 0.2) is 0 Å². The highest BCUT2D eigenvalue weighted by Gasteiger charge is 2.38. The molecule has 0 aromatic rings. The molecule has 1 aliphatic heterocycles. The molecule has 0 aromatic heterocycles. The molecule has 1 saturated heterocycles. The van der Waals surface area contributed by atoms with Crippen LogP contribution in [0.2, 0.25) is 0 Å². The molecule has 19 heteroatoms. The fourth-order valence-corrected chi connectivity index (χ4v) is 6.43. The lowest BCUT2D eigenvalue weighted by atomic mass is 9.97. The lowest BCUT2D eigenvalue weighted by molar-refractivity contribution is -0.146. The van der Waals surface area contributed by atoms with Crippen molar-refractivity contribution in [1.82, 2.24) is 37.2 Å². The summed E-state index contributed by atoms with van der Waals surface area (Å²) in [4.78, 5) is 108. The summed E-state index contributed by atoms with van der Waals surface area (Å²) in [6, 6.07) is -6.67. The van der Waals surface area contributed by atoms with Crippen LogP contribution in [0.5, 0.6) is 0 Å². The first-order chi connectivity index (χ1) is 29.2. The molecule has 1 heterocycles. The Bertz CT molecular complexity index is 1530. The Morgan fingerprint density at radius 3 is 1.87 bits per heavy atom. The van der Waals surface area contributed by atoms with E-state index < -0.39 is 107 Å². The van der Waals surface area contributed by atoms with E-state index in [-0.39, 0.29) is 50.9 Å². The molecule has 0 aliphatic carbocycles. The minimum atomic E-state index is -1.62. The summed E-state index contributed by atoms with van der Waals surface area (Å²) in [5.41, 5.74) is -2.44. The highest BCUT2D eigenvalue weighted by atomic mass is 16.6. The van der Waals surface area contributed by atoms with Gasteiger partial charge in [0, 0.05) is 26.4 Å². The molecule has 6 atom stereocenters. The Morgan fingerprint density at radius 1 is 0.778 bits per heavy atom. The SMILES string of the molecule is COC(=O)[C@H](CC(C)C)NC(=O)C1CCOCCCCOCC[C@H](NC(=O)[C@@H](NC(=O)OC(C)(C)C)C(C)C)C(=O)N[C@@H](CC(C)C)C(=O)NC(C)(C)C(=O)NC(C(C)C)C(=O)N1. The highest BCUT2D eigenvalue weighted by molar-refractivity contribution is 5.98. The normalized spacial score (nSPS) is 22.8. The maximum absolute atomic E-state index is 14.0. The average molecular weight is 898 g/mol. The lowest BCUT2D eigenvalue weighted by Gasteiger charge is -2.32. The smallest absolute Gasteiger partial charge is 0.408 e. The van der Waals surface area contributed by atoms with Crippen LogP contribution in [-0.2, 0) is 52.5 Å². The summed E-state index contributed by atoms with van der Waals surface area (Å²) in [6.45, 7) is 23.1. The number of carbonyl (C=O) groups excluding carboxylic acids is 8. The molecule has 0 radical (unpaired) electrons. The summed E-state index contributed by atoms with van der Waals surface area (Å²) < 4.78 is 21.9. The first kappa shape index (κ1) is 56.5. The van der Waals surface area contributed by atoms with Crippen molar-refractivity contribution in [3.05, 3.63) is 0 Å². The first-order valence-electron chi connectivity index (χ1n) is 22.3. The third kappa shape index (κ3) is 21.6. The second-order valence-corrected chi connectivity index (χ2v) is 19.2. The van der Waals surface area contributed by atoms with Gasteiger partial charge in [-0.15, -0.1) is 0 Å². The summed E-state index contributed by atoms with van der Waals surface area (Å²) >= 11 is 0. The average Bonchev–Trinajstić information content (AvgIpc) is 3.15. The zero-order valence-corrected chi connectivity index (χ0v) is 40.2. The van der Waals surface area contributed by atoms with Gasteiger partial charge in [-0.25, -0.2) is 9.59 Å². The van der Waals surface area contributed by atoms with Gasteiger partial charge in [0.2, 0.25) is 35.4 Å². The van der Waals surface area contributed by atoms with Crippen LogP contribution >= 0.6 is 0 Å². The van der Waals surface area contributed by atoms with Crippen LogP contribution in [0.3, 0.4) is 0 Å². The van der Waals surface area contributed by atoms with Gasteiger partial charge in [0.25, 0.3) is 0 Å². The van der Waals surface area contributed by atoms with Crippen molar-refractivity contribution in [3.63, 3.8) is 0 Å². The number of carbonyl (C=O) groups is 8. The van der Waals surface area contributed by atoms with Gasteiger partial charge in [0.1, 0.15) is 47.4 Å². The summed E-state index contributed by atoms with van der Waals surface area (Å²) in [6.07, 6.45) is 0.854. The van der Waals surface area contributed by atoms with Crippen LogP contribution < -0.4 is 37.2 Å². The number of nitrogens with one attached hydrogen (secondary N) is 7. The molecule has 2 unspecified atom stereocenters. The lowest BCUT2D eigenvalue weighted by Crippen LogP contribution is -2.64. The minimum Gasteiger partial charge on any atom is -0.467 e. The summed E-state index contributed by atoms with van der Waals surface area (Å²) in [5.74, 6) is -5.60. The Morgan fingerprint density at radius 2 is 1.37 bits per heavy atom. The van der Waals surface area contributed by atoms with E-state index in [1.807, 2.05) is 27.7 Å². The summed E-state index contributed by atoms with van der Waals surface area (Å²) in [5, 5.41) is 19.0. The summed E-state index contributed by atoms with van der Waals surface area (Å²) in [7, 11) is 1.22. The van der Waals surface area contributed by atoms with Crippen LogP contribution in [0.4, 0.5) is 4.79 Å². The molecule has 362 valence electrons. The molecule has 7 N–H and O–H groups in total. The number of rotatable bonds is 12. The molecule has 1 fully saturated rings. The van der Waals surface area contributed by atoms with Crippen molar-refractivity contribution >= 4 is 47.5 Å². The largest absolute Gasteiger partial charge is 0.467 e. The third-order valence-corrected chi connectivity index (χ3v) is 9.90. The number of esters is 1. The van der Waals surface area contributed by atoms with Gasteiger partial charge in [-0.1, -0.05) is 55.4 Å². The molecular weight excluding hydrogens is 819 g/mol. The van der Waals surface area contributed by atoms with E-state index in [0.29, 0.717) is 25.9 Å². The van der Waals surface area contributed by atoms with E-state index in [0.717, 1.165) is 0 Å². The molecule has 0 bridgehead atoms. The van der Waals surface area contributed by atoms with E-state index in [2.05, 4.69) is 37.2 Å². The number of hydrogen-bond acceptors (Lipinski definition) is 12.